The fraction of sp³-hybridized carbons (Fsp3) is 0.250. The van der Waals surface area contributed by atoms with Crippen LogP contribution in [0.25, 0.3) is 17.2 Å². The fourth-order valence-corrected chi connectivity index (χ4v) is 2.80. The van der Waals surface area contributed by atoms with Crippen LogP contribution in [0, 0.1) is 26.2 Å². The first-order valence-corrected chi connectivity index (χ1v) is 8.58. The molecule has 0 saturated carbocycles. The number of fused-ring (bicyclic) bond motifs is 1. The molecule has 124 valence electrons. The van der Waals surface area contributed by atoms with Gasteiger partial charge in [-0.3, -0.25) is 0 Å². The van der Waals surface area contributed by atoms with Crippen LogP contribution in [-0.2, 0) is 6.42 Å². The zero-order chi connectivity index (χ0) is 17.9. The first kappa shape index (κ1) is 19.5. The largest absolute Gasteiger partial charge is 0.120 e. The summed E-state index contributed by atoms with van der Waals surface area (Å²) in [6.07, 6.45) is 14.3. The van der Waals surface area contributed by atoms with E-state index in [9.17, 15) is 0 Å². The number of hydrogen-bond donors (Lipinski definition) is 0. The summed E-state index contributed by atoms with van der Waals surface area (Å²) in [4.78, 5) is 0. The Labute approximate surface area is 147 Å². The highest BCUT2D eigenvalue weighted by Gasteiger charge is 2.11. The van der Waals surface area contributed by atoms with E-state index in [1.165, 1.54) is 33.4 Å². The second kappa shape index (κ2) is 10.3. The minimum absolute atomic E-state index is 1.02. The molecule has 0 atom stereocenters. The number of rotatable bonds is 1. The Morgan fingerprint density at radius 2 is 1.58 bits per heavy atom. The zero-order valence-electron chi connectivity index (χ0n) is 15.6. The van der Waals surface area contributed by atoms with Gasteiger partial charge in [-0.2, -0.15) is 0 Å². The smallest absolute Gasteiger partial charge is 0.00297 e. The van der Waals surface area contributed by atoms with Crippen molar-refractivity contribution >= 4 is 6.08 Å². The third kappa shape index (κ3) is 4.74. The summed E-state index contributed by atoms with van der Waals surface area (Å²) >= 11 is 0. The van der Waals surface area contributed by atoms with Gasteiger partial charge in [-0.15, -0.1) is 12.3 Å². The van der Waals surface area contributed by atoms with Gasteiger partial charge in [-0.05, 0) is 60.6 Å². The molecular weight excluding hydrogens is 288 g/mol. The van der Waals surface area contributed by atoms with Crippen molar-refractivity contribution < 1.29 is 0 Å². The second-order valence-electron chi connectivity index (χ2n) is 5.40. The summed E-state index contributed by atoms with van der Waals surface area (Å²) in [6, 6.07) is 13.1. The molecule has 24 heavy (non-hydrogen) atoms. The molecule has 3 rings (SSSR count). The van der Waals surface area contributed by atoms with Crippen molar-refractivity contribution in [2.75, 3.05) is 0 Å². The fourth-order valence-electron chi connectivity index (χ4n) is 2.80. The number of hydrogen-bond acceptors (Lipinski definition) is 0. The Hall–Kier alpha value is -2.52. The highest BCUT2D eigenvalue weighted by Crippen LogP contribution is 2.31. The van der Waals surface area contributed by atoms with Crippen LogP contribution in [0.5, 0.6) is 0 Å². The van der Waals surface area contributed by atoms with E-state index in [1.54, 1.807) is 6.92 Å². The average Bonchev–Trinajstić information content (AvgIpc) is 2.85. The number of allylic oxidation sites excluding steroid dienone is 3. The van der Waals surface area contributed by atoms with Crippen LogP contribution >= 0.6 is 0 Å². The molecule has 0 heteroatoms. The molecule has 0 bridgehead atoms. The molecule has 0 aliphatic heterocycles. The standard InChI is InChI=1S/C19H18.C3H4.C2H6/c1-14-8-6-7-10-17(14)19-13-12-16-9-4-3-5-11-18(16)15(19)2;1-3-2;1-2/h3-10,12-13H,11H2,1-2H3;1H,2H3;1-2H3. The molecule has 1 aliphatic carbocycles. The summed E-state index contributed by atoms with van der Waals surface area (Å²) in [5.41, 5.74) is 8.25. The Morgan fingerprint density at radius 3 is 2.25 bits per heavy atom. The molecule has 0 spiro atoms. The molecular formula is C24H28. The zero-order valence-corrected chi connectivity index (χ0v) is 15.6. The van der Waals surface area contributed by atoms with E-state index >= 15 is 0 Å². The Morgan fingerprint density at radius 1 is 0.917 bits per heavy atom. The second-order valence-corrected chi connectivity index (χ2v) is 5.40. The van der Waals surface area contributed by atoms with Gasteiger partial charge in [0.15, 0.2) is 0 Å². The Bertz CT molecular complexity index is 752. The van der Waals surface area contributed by atoms with Gasteiger partial charge >= 0.3 is 0 Å². The van der Waals surface area contributed by atoms with Gasteiger partial charge in [0.2, 0.25) is 0 Å². The van der Waals surface area contributed by atoms with Gasteiger partial charge < -0.3 is 0 Å². The lowest BCUT2D eigenvalue weighted by Crippen LogP contribution is -1.95. The summed E-state index contributed by atoms with van der Waals surface area (Å²) in [6.45, 7) is 10.1. The molecule has 0 nitrogen and oxygen atoms in total. The lowest BCUT2D eigenvalue weighted by atomic mass is 9.90. The lowest BCUT2D eigenvalue weighted by Gasteiger charge is -2.15. The van der Waals surface area contributed by atoms with Crippen LogP contribution < -0.4 is 0 Å². The maximum absolute atomic E-state index is 4.60. The predicted octanol–water partition coefficient (Wildman–Crippen LogP) is 6.76. The quantitative estimate of drug-likeness (QED) is 0.510. The van der Waals surface area contributed by atoms with Crippen LogP contribution in [0.1, 0.15) is 43.0 Å². The average molecular weight is 316 g/mol. The van der Waals surface area contributed by atoms with E-state index in [0.717, 1.165) is 6.42 Å². The maximum Gasteiger partial charge on any atom is -0.00297 e. The topological polar surface area (TPSA) is 0 Å². The van der Waals surface area contributed by atoms with Crippen LogP contribution in [0.3, 0.4) is 0 Å². The van der Waals surface area contributed by atoms with E-state index in [4.69, 9.17) is 0 Å². The molecule has 0 radical (unpaired) electrons. The summed E-state index contributed by atoms with van der Waals surface area (Å²) in [7, 11) is 0. The summed E-state index contributed by atoms with van der Waals surface area (Å²) in [5.74, 6) is 2.25. The molecule has 2 aromatic rings. The van der Waals surface area contributed by atoms with Gasteiger partial charge in [0.1, 0.15) is 0 Å². The summed E-state index contributed by atoms with van der Waals surface area (Å²) in [5, 5.41) is 0. The highest BCUT2D eigenvalue weighted by atomic mass is 14.2. The maximum atomic E-state index is 4.60. The lowest BCUT2D eigenvalue weighted by molar-refractivity contribution is 1.21. The van der Waals surface area contributed by atoms with E-state index in [-0.39, 0.29) is 0 Å². The van der Waals surface area contributed by atoms with Gasteiger partial charge in [0.05, 0.1) is 0 Å². The van der Waals surface area contributed by atoms with E-state index in [2.05, 4.69) is 86.9 Å². The third-order valence-corrected chi connectivity index (χ3v) is 3.91. The number of benzene rings is 2. The Kier molecular flexibility index (Phi) is 8.37. The van der Waals surface area contributed by atoms with E-state index in [1.807, 2.05) is 13.8 Å². The van der Waals surface area contributed by atoms with Crippen molar-refractivity contribution in [3.05, 3.63) is 76.9 Å². The molecule has 0 amide bonds. The van der Waals surface area contributed by atoms with Crippen LogP contribution in [0.2, 0.25) is 0 Å². The van der Waals surface area contributed by atoms with Crippen LogP contribution in [-0.4, -0.2) is 0 Å². The molecule has 0 aromatic heterocycles. The number of aryl methyl sites for hydroxylation is 1. The van der Waals surface area contributed by atoms with Gasteiger partial charge in [-0.1, -0.05) is 74.5 Å². The van der Waals surface area contributed by atoms with E-state index < -0.39 is 0 Å². The van der Waals surface area contributed by atoms with Crippen molar-refractivity contribution in [1.29, 1.82) is 0 Å². The molecule has 0 fully saturated rings. The van der Waals surface area contributed by atoms with Gasteiger partial charge in [0, 0.05) is 0 Å². The first-order chi connectivity index (χ1) is 11.7. The molecule has 0 saturated heterocycles. The summed E-state index contributed by atoms with van der Waals surface area (Å²) < 4.78 is 0. The minimum atomic E-state index is 1.02. The molecule has 0 heterocycles. The van der Waals surface area contributed by atoms with E-state index in [0.29, 0.717) is 0 Å². The SMILES string of the molecule is C#CC.CC.Cc1ccccc1-c1ccc2c(c1C)CC=CC=C2. The van der Waals surface area contributed by atoms with Crippen molar-refractivity contribution in [2.45, 2.75) is 41.0 Å². The number of terminal acetylenes is 1. The van der Waals surface area contributed by atoms with Crippen molar-refractivity contribution in [3.63, 3.8) is 0 Å². The predicted molar refractivity (Wildman–Crippen MR) is 109 cm³/mol. The first-order valence-electron chi connectivity index (χ1n) is 8.58. The van der Waals surface area contributed by atoms with Crippen molar-refractivity contribution in [3.8, 4) is 23.5 Å². The van der Waals surface area contributed by atoms with Gasteiger partial charge in [-0.25, -0.2) is 0 Å². The molecule has 2 aromatic carbocycles. The van der Waals surface area contributed by atoms with Crippen molar-refractivity contribution in [2.24, 2.45) is 0 Å². The van der Waals surface area contributed by atoms with Crippen LogP contribution in [0.4, 0.5) is 0 Å². The third-order valence-electron chi connectivity index (χ3n) is 3.91. The molecule has 1 aliphatic rings. The van der Waals surface area contributed by atoms with Crippen LogP contribution in [0.15, 0.2) is 54.6 Å². The Balaban J connectivity index is 0.000000521. The van der Waals surface area contributed by atoms with Gasteiger partial charge in [0.25, 0.3) is 0 Å². The molecule has 0 N–H and O–H groups in total. The highest BCUT2D eigenvalue weighted by molar-refractivity contribution is 5.75. The normalized spacial score (nSPS) is 11.0. The monoisotopic (exact) mass is 316 g/mol. The molecule has 0 unspecified atom stereocenters. The van der Waals surface area contributed by atoms with Crippen molar-refractivity contribution in [1.82, 2.24) is 0 Å². The minimum Gasteiger partial charge on any atom is -0.120 e.